The van der Waals surface area contributed by atoms with Crippen LogP contribution in [0.15, 0.2) is 23.0 Å². The molecule has 3 aliphatic carbocycles. The first-order chi connectivity index (χ1) is 19.8. The number of hydrogen-bond donors (Lipinski definition) is 8. The first-order valence-electron chi connectivity index (χ1n) is 13.8. The number of nitrogens with zero attached hydrogens (tertiary/aromatic N) is 2. The van der Waals surface area contributed by atoms with Crippen LogP contribution in [0.2, 0.25) is 0 Å². The molecule has 0 spiro atoms. The Bertz CT molecular complexity index is 1470. The van der Waals surface area contributed by atoms with Gasteiger partial charge in [-0.3, -0.25) is 24.7 Å². The molecule has 1 aromatic rings. The van der Waals surface area contributed by atoms with Crippen molar-refractivity contribution >= 4 is 35.0 Å². The van der Waals surface area contributed by atoms with Crippen molar-refractivity contribution in [1.29, 1.82) is 0 Å². The number of amides is 3. The summed E-state index contributed by atoms with van der Waals surface area (Å²) in [4.78, 5) is 54.9. The van der Waals surface area contributed by atoms with Crippen LogP contribution in [0.5, 0.6) is 5.75 Å². The summed E-state index contributed by atoms with van der Waals surface area (Å²) in [5.74, 6) is -7.10. The first kappa shape index (κ1) is 31.8. The van der Waals surface area contributed by atoms with Gasteiger partial charge in [-0.25, -0.2) is 10.2 Å². The molecule has 0 aliphatic heterocycles. The molecule has 14 heteroatoms. The highest BCUT2D eigenvalue weighted by Gasteiger charge is 2.64. The van der Waals surface area contributed by atoms with Gasteiger partial charge in [-0.05, 0) is 65.3 Å². The Morgan fingerprint density at radius 1 is 1.12 bits per heavy atom. The number of Topliss-reactive ketones (excluding diaryl/α,β-unsaturated/α-hetero) is 2. The summed E-state index contributed by atoms with van der Waals surface area (Å²) in [5.41, 5.74) is 7.73. The van der Waals surface area contributed by atoms with Gasteiger partial charge in [0.15, 0.2) is 11.4 Å². The van der Waals surface area contributed by atoms with Crippen LogP contribution < -0.4 is 26.8 Å². The van der Waals surface area contributed by atoms with E-state index in [9.17, 15) is 39.6 Å². The third-order valence-electron chi connectivity index (χ3n) is 8.23. The number of aliphatic hydroxyl groups is 3. The van der Waals surface area contributed by atoms with E-state index in [1.807, 2.05) is 20.8 Å². The van der Waals surface area contributed by atoms with Crippen LogP contribution in [0.1, 0.15) is 43.9 Å². The SMILES string of the molecule is CN(C)c1cc(CNNC(=O)NC(C)(C)C)c(O)c2c1C[C@H]1C[C@H]3[C@H](N(C)C)C(=O)C(C(N)=O)=C(O)[C@@]3(O)C(=O)C1=C2O. The van der Waals surface area contributed by atoms with Gasteiger partial charge in [-0.15, -0.1) is 0 Å². The van der Waals surface area contributed by atoms with E-state index in [4.69, 9.17) is 5.73 Å². The Kier molecular flexibility index (Phi) is 8.02. The molecule has 4 rings (SSSR count). The lowest BCUT2D eigenvalue weighted by molar-refractivity contribution is -0.153. The van der Waals surface area contributed by atoms with Crippen LogP contribution in [0.25, 0.3) is 5.76 Å². The van der Waals surface area contributed by atoms with Crippen LogP contribution >= 0.6 is 0 Å². The maximum atomic E-state index is 14.1. The van der Waals surface area contributed by atoms with E-state index in [1.165, 1.54) is 4.90 Å². The molecule has 1 aromatic carbocycles. The van der Waals surface area contributed by atoms with Crippen LogP contribution in [0.4, 0.5) is 10.5 Å². The third-order valence-corrected chi connectivity index (χ3v) is 8.23. The van der Waals surface area contributed by atoms with Gasteiger partial charge in [0, 0.05) is 48.9 Å². The zero-order valence-corrected chi connectivity index (χ0v) is 25.3. The van der Waals surface area contributed by atoms with E-state index in [0.717, 1.165) is 0 Å². The van der Waals surface area contributed by atoms with Crippen molar-refractivity contribution in [2.75, 3.05) is 33.1 Å². The average Bonchev–Trinajstić information content (AvgIpc) is 2.85. The summed E-state index contributed by atoms with van der Waals surface area (Å²) in [7, 11) is 6.64. The molecular formula is C29H40N6O8. The minimum atomic E-state index is -2.71. The molecule has 0 unspecified atom stereocenters. The fraction of sp³-hybridized carbons (Fsp3) is 0.517. The molecule has 3 amide bonds. The molecule has 4 atom stereocenters. The van der Waals surface area contributed by atoms with Crippen molar-refractivity contribution < 1.29 is 39.6 Å². The summed E-state index contributed by atoms with van der Waals surface area (Å²) in [6, 6.07) is 0.0477. The van der Waals surface area contributed by atoms with Gasteiger partial charge in [0.05, 0.1) is 11.6 Å². The number of carbonyl (C=O) groups is 4. The van der Waals surface area contributed by atoms with Gasteiger partial charge < -0.3 is 36.4 Å². The Balaban J connectivity index is 1.83. The van der Waals surface area contributed by atoms with Crippen LogP contribution in [0.3, 0.4) is 0 Å². The first-order valence-corrected chi connectivity index (χ1v) is 13.8. The smallest absolute Gasteiger partial charge is 0.329 e. The third kappa shape index (κ3) is 5.19. The lowest BCUT2D eigenvalue weighted by Crippen LogP contribution is -2.65. The predicted octanol–water partition coefficient (Wildman–Crippen LogP) is 0.132. The molecule has 9 N–H and O–H groups in total. The van der Waals surface area contributed by atoms with E-state index >= 15 is 0 Å². The van der Waals surface area contributed by atoms with Crippen molar-refractivity contribution in [1.82, 2.24) is 21.1 Å². The van der Waals surface area contributed by atoms with Gasteiger partial charge in [0.1, 0.15) is 22.8 Å². The monoisotopic (exact) mass is 600 g/mol. The Morgan fingerprint density at radius 3 is 2.28 bits per heavy atom. The van der Waals surface area contributed by atoms with E-state index in [-0.39, 0.29) is 36.3 Å². The zero-order chi connectivity index (χ0) is 32.3. The molecule has 234 valence electrons. The van der Waals surface area contributed by atoms with Gasteiger partial charge in [0.25, 0.3) is 5.91 Å². The molecule has 14 nitrogen and oxygen atoms in total. The Morgan fingerprint density at radius 2 is 1.74 bits per heavy atom. The van der Waals surface area contributed by atoms with Gasteiger partial charge in [-0.1, -0.05) is 0 Å². The van der Waals surface area contributed by atoms with E-state index in [2.05, 4.69) is 16.2 Å². The maximum Gasteiger partial charge on any atom is 0.329 e. The zero-order valence-electron chi connectivity index (χ0n) is 25.3. The Hall–Kier alpha value is -4.14. The topological polar surface area (TPSA) is 218 Å². The number of aliphatic hydroxyl groups excluding tert-OH is 2. The number of anilines is 1. The molecule has 1 fully saturated rings. The number of hydrogen-bond acceptors (Lipinski definition) is 11. The minimum Gasteiger partial charge on any atom is -0.508 e. The molecule has 0 heterocycles. The summed E-state index contributed by atoms with van der Waals surface area (Å²) >= 11 is 0. The molecule has 0 bridgehead atoms. The van der Waals surface area contributed by atoms with Crippen molar-refractivity contribution in [3.8, 4) is 5.75 Å². The highest BCUT2D eigenvalue weighted by Crippen LogP contribution is 2.54. The average molecular weight is 601 g/mol. The fourth-order valence-electron chi connectivity index (χ4n) is 6.47. The fourth-order valence-corrected chi connectivity index (χ4v) is 6.47. The molecule has 0 radical (unpaired) electrons. The number of nitrogens with two attached hydrogens (primary N) is 1. The quantitative estimate of drug-likeness (QED) is 0.162. The number of phenolic OH excluding ortho intramolecular Hbond substituents is 1. The second kappa shape index (κ2) is 10.8. The number of hydrazine groups is 1. The maximum absolute atomic E-state index is 14.1. The highest BCUT2D eigenvalue weighted by atomic mass is 16.3. The number of fused-ring (bicyclic) bond motifs is 3. The molecule has 43 heavy (non-hydrogen) atoms. The minimum absolute atomic E-state index is 0.00446. The summed E-state index contributed by atoms with van der Waals surface area (Å²) in [6.45, 7) is 5.39. The molecule has 0 aromatic heterocycles. The molecular weight excluding hydrogens is 560 g/mol. The number of ketones is 2. The number of rotatable bonds is 6. The lowest BCUT2D eigenvalue weighted by atomic mass is 9.57. The van der Waals surface area contributed by atoms with Crippen LogP contribution in [0, 0.1) is 11.8 Å². The lowest BCUT2D eigenvalue weighted by Gasteiger charge is -2.50. The second-order valence-electron chi connectivity index (χ2n) is 12.8. The Labute approximate surface area is 249 Å². The van der Waals surface area contributed by atoms with E-state index in [1.54, 1.807) is 39.2 Å². The van der Waals surface area contributed by atoms with Crippen molar-refractivity contribution in [2.24, 2.45) is 17.6 Å². The predicted molar refractivity (Wildman–Crippen MR) is 157 cm³/mol. The van der Waals surface area contributed by atoms with E-state index in [0.29, 0.717) is 16.8 Å². The number of primary amides is 1. The van der Waals surface area contributed by atoms with Crippen molar-refractivity contribution in [3.63, 3.8) is 0 Å². The van der Waals surface area contributed by atoms with Crippen molar-refractivity contribution in [2.45, 2.75) is 57.3 Å². The van der Waals surface area contributed by atoms with Crippen LogP contribution in [-0.4, -0.2) is 94.2 Å². The number of likely N-dealkylation sites (N-methyl/N-ethyl adjacent to an activating group) is 1. The van der Waals surface area contributed by atoms with Gasteiger partial charge in [-0.2, -0.15) is 0 Å². The standard InChI is InChI=1S/C29H40N6O8/c1-28(2,3)32-27(42)33-31-11-13-10-16(34(4)5)14-8-12-9-15-20(35(6)7)23(38)19(26(30)41)25(40)29(15,43)24(39)17(12)22(37)18(14)21(13)36/h10,12,15,20,31,36-37,40,43H,8-9,11H2,1-7H3,(H2,30,41)(H2,32,33,42)/t12-,15-,20-,29-/m0/s1. The van der Waals surface area contributed by atoms with Crippen molar-refractivity contribution in [3.05, 3.63) is 39.7 Å². The highest BCUT2D eigenvalue weighted by molar-refractivity contribution is 6.24. The normalized spacial score (nSPS) is 25.3. The number of carbonyl (C=O) groups excluding carboxylic acids is 4. The summed E-state index contributed by atoms with van der Waals surface area (Å²) < 4.78 is 0. The number of nitrogens with one attached hydrogen (secondary N) is 3. The molecule has 0 saturated heterocycles. The second-order valence-corrected chi connectivity index (χ2v) is 12.8. The van der Waals surface area contributed by atoms with Crippen LogP contribution in [-0.2, 0) is 27.3 Å². The summed E-state index contributed by atoms with van der Waals surface area (Å²) in [5, 5.41) is 48.4. The van der Waals surface area contributed by atoms with Gasteiger partial charge in [0.2, 0.25) is 5.78 Å². The number of phenols is 1. The largest absolute Gasteiger partial charge is 0.508 e. The van der Waals surface area contributed by atoms with Gasteiger partial charge >= 0.3 is 6.03 Å². The number of benzene rings is 1. The van der Waals surface area contributed by atoms with E-state index < -0.39 is 69.6 Å². The number of aromatic hydroxyl groups is 1. The molecule has 1 saturated carbocycles. The number of urea groups is 1. The summed E-state index contributed by atoms with van der Waals surface area (Å²) in [6.07, 6.45) is 0.158. The molecule has 3 aliphatic rings.